The van der Waals surface area contributed by atoms with Crippen molar-refractivity contribution >= 4 is 29.4 Å². The molecule has 4 fully saturated rings. The lowest BCUT2D eigenvalue weighted by Gasteiger charge is -2.29. The predicted octanol–water partition coefficient (Wildman–Crippen LogP) is 1.34. The van der Waals surface area contributed by atoms with E-state index in [0.717, 1.165) is 75.8 Å². The average molecular weight is 420 g/mol. The minimum atomic E-state index is 0.489. The predicted molar refractivity (Wildman–Crippen MR) is 121 cm³/mol. The van der Waals surface area contributed by atoms with E-state index < -0.39 is 0 Å². The number of hydrogen-bond donors (Lipinski definition) is 3. The van der Waals surface area contributed by atoms with Crippen molar-refractivity contribution in [1.82, 2.24) is 20.6 Å². The number of anilines is 4. The van der Waals surface area contributed by atoms with Crippen LogP contribution in [0.1, 0.15) is 10.5 Å². The van der Waals surface area contributed by atoms with E-state index in [1.54, 1.807) is 0 Å². The van der Waals surface area contributed by atoms with Crippen molar-refractivity contribution < 1.29 is 4.79 Å². The van der Waals surface area contributed by atoms with Crippen molar-refractivity contribution in [3.8, 4) is 0 Å². The van der Waals surface area contributed by atoms with Crippen LogP contribution < -0.4 is 25.8 Å². The number of nitrogens with one attached hydrogen (secondary N) is 3. The van der Waals surface area contributed by atoms with E-state index in [1.165, 1.54) is 0 Å². The monoisotopic (exact) mass is 419 g/mol. The van der Waals surface area contributed by atoms with Gasteiger partial charge in [0, 0.05) is 58.0 Å². The Morgan fingerprint density at radius 2 is 1.42 bits per heavy atom. The second-order valence-electron chi connectivity index (χ2n) is 9.38. The van der Waals surface area contributed by atoms with E-state index in [4.69, 9.17) is 4.98 Å². The molecule has 1 aromatic carbocycles. The zero-order chi connectivity index (χ0) is 20.8. The average Bonchev–Trinajstić information content (AvgIpc) is 3.54. The maximum atomic E-state index is 12.2. The van der Waals surface area contributed by atoms with Gasteiger partial charge in [0.1, 0.15) is 11.4 Å². The Bertz CT molecular complexity index is 944. The number of carbonyl (C=O) groups excluding carboxylic acids is 1. The van der Waals surface area contributed by atoms with Crippen molar-refractivity contribution in [2.24, 2.45) is 23.7 Å². The zero-order valence-corrected chi connectivity index (χ0v) is 17.6. The van der Waals surface area contributed by atoms with E-state index in [0.29, 0.717) is 35.3 Å². The van der Waals surface area contributed by atoms with E-state index in [9.17, 15) is 4.79 Å². The van der Waals surface area contributed by atoms with Crippen LogP contribution in [0.4, 0.5) is 23.1 Å². The summed E-state index contributed by atoms with van der Waals surface area (Å²) in [4.78, 5) is 26.6. The number of nitrogens with zero attached hydrogens (tertiary/aromatic N) is 4. The molecule has 4 aliphatic heterocycles. The van der Waals surface area contributed by atoms with Gasteiger partial charge >= 0.3 is 0 Å². The number of carbonyl (C=O) groups is 1. The van der Waals surface area contributed by atoms with Crippen LogP contribution in [0.15, 0.2) is 30.3 Å². The van der Waals surface area contributed by atoms with Crippen LogP contribution in [0.5, 0.6) is 0 Å². The molecule has 2 aromatic rings. The lowest BCUT2D eigenvalue weighted by molar-refractivity contribution is 0.111. The Labute approximate surface area is 182 Å². The summed E-state index contributed by atoms with van der Waals surface area (Å²) in [6.45, 7) is 8.13. The molecular formula is C23H29N7O. The molecule has 0 radical (unpaired) electrons. The highest BCUT2D eigenvalue weighted by atomic mass is 16.1. The maximum absolute atomic E-state index is 12.2. The highest BCUT2D eigenvalue weighted by Gasteiger charge is 2.41. The van der Waals surface area contributed by atoms with Crippen LogP contribution in [0.2, 0.25) is 0 Å². The minimum Gasteiger partial charge on any atom is -0.366 e. The van der Waals surface area contributed by atoms with Crippen LogP contribution in [0, 0.1) is 23.7 Å². The minimum absolute atomic E-state index is 0.489. The smallest absolute Gasteiger partial charge is 0.229 e. The van der Waals surface area contributed by atoms with Gasteiger partial charge in [-0.2, -0.15) is 4.98 Å². The number of hydrogen-bond acceptors (Lipinski definition) is 8. The normalized spacial score (nSPS) is 29.3. The summed E-state index contributed by atoms with van der Waals surface area (Å²) < 4.78 is 0. The number of rotatable bonds is 5. The van der Waals surface area contributed by atoms with Crippen molar-refractivity contribution in [2.75, 3.05) is 67.5 Å². The van der Waals surface area contributed by atoms with Crippen LogP contribution >= 0.6 is 0 Å². The van der Waals surface area contributed by atoms with Crippen molar-refractivity contribution in [3.63, 3.8) is 0 Å². The van der Waals surface area contributed by atoms with E-state index in [-0.39, 0.29) is 0 Å². The van der Waals surface area contributed by atoms with Gasteiger partial charge in [-0.25, -0.2) is 4.98 Å². The molecule has 8 heteroatoms. The van der Waals surface area contributed by atoms with Gasteiger partial charge in [0.15, 0.2) is 12.1 Å². The maximum Gasteiger partial charge on any atom is 0.229 e. The van der Waals surface area contributed by atoms with Crippen molar-refractivity contribution in [3.05, 3.63) is 36.0 Å². The van der Waals surface area contributed by atoms with Gasteiger partial charge in [-0.3, -0.25) is 4.79 Å². The van der Waals surface area contributed by atoms with Crippen LogP contribution in [-0.2, 0) is 0 Å². The second kappa shape index (κ2) is 7.76. The Kier molecular flexibility index (Phi) is 4.76. The first-order chi connectivity index (χ1) is 15.3. The fraction of sp³-hybridized carbons (Fsp3) is 0.522. The Hall–Kier alpha value is -2.71. The number of aromatic nitrogens is 2. The molecule has 0 amide bonds. The molecular weight excluding hydrogens is 390 g/mol. The van der Waals surface area contributed by atoms with Gasteiger partial charge in [-0.15, -0.1) is 0 Å². The summed E-state index contributed by atoms with van der Waals surface area (Å²) in [6, 6.07) is 9.90. The Morgan fingerprint density at radius 1 is 0.839 bits per heavy atom. The molecule has 6 rings (SSSR count). The zero-order valence-electron chi connectivity index (χ0n) is 17.6. The van der Waals surface area contributed by atoms with E-state index in [2.05, 4.69) is 30.7 Å². The SMILES string of the molecule is O=Cc1nc(Nc2ccccc2)nc(N2CC3CNCC3C2)c1N1CC2CNCC2C1. The molecule has 0 spiro atoms. The third-order valence-electron chi connectivity index (χ3n) is 7.43. The van der Waals surface area contributed by atoms with Crippen LogP contribution in [0.25, 0.3) is 0 Å². The molecule has 8 nitrogen and oxygen atoms in total. The molecule has 1 aromatic heterocycles. The summed E-state index contributed by atoms with van der Waals surface area (Å²) in [5, 5.41) is 10.3. The van der Waals surface area contributed by atoms with Gasteiger partial charge in [0.2, 0.25) is 5.95 Å². The summed E-state index contributed by atoms with van der Waals surface area (Å²) in [6.07, 6.45) is 0.904. The molecule has 5 heterocycles. The lowest BCUT2D eigenvalue weighted by Crippen LogP contribution is -2.32. The van der Waals surface area contributed by atoms with Gasteiger partial charge < -0.3 is 25.8 Å². The largest absolute Gasteiger partial charge is 0.366 e. The highest BCUT2D eigenvalue weighted by Crippen LogP contribution is 2.40. The van der Waals surface area contributed by atoms with Gasteiger partial charge in [-0.05, 0) is 35.8 Å². The van der Waals surface area contributed by atoms with Gasteiger partial charge in [-0.1, -0.05) is 18.2 Å². The first-order valence-electron chi connectivity index (χ1n) is 11.4. The quantitative estimate of drug-likeness (QED) is 0.627. The molecule has 4 saturated heterocycles. The summed E-state index contributed by atoms with van der Waals surface area (Å²) in [5.74, 6) is 3.97. The molecule has 0 bridgehead atoms. The van der Waals surface area contributed by atoms with E-state index in [1.807, 2.05) is 30.3 Å². The van der Waals surface area contributed by atoms with E-state index >= 15 is 0 Å². The molecule has 4 aliphatic rings. The lowest BCUT2D eigenvalue weighted by atomic mass is 10.0. The molecule has 0 aliphatic carbocycles. The third-order valence-corrected chi connectivity index (χ3v) is 7.43. The number of aldehydes is 1. The molecule has 31 heavy (non-hydrogen) atoms. The standard InChI is InChI=1S/C23H29N7O/c31-14-20-21(29-10-15-6-24-7-16(15)11-29)22(30-12-17-8-25-9-18(17)13-30)28-23(27-20)26-19-4-2-1-3-5-19/h1-5,14-18,24-25H,6-13H2,(H,26,27,28). The molecule has 3 N–H and O–H groups in total. The fourth-order valence-electron chi connectivity index (χ4n) is 5.84. The van der Waals surface area contributed by atoms with Crippen molar-refractivity contribution in [1.29, 1.82) is 0 Å². The molecule has 4 unspecified atom stereocenters. The van der Waals surface area contributed by atoms with Crippen molar-refractivity contribution in [2.45, 2.75) is 0 Å². The first kappa shape index (κ1) is 19.0. The fourth-order valence-corrected chi connectivity index (χ4v) is 5.84. The Balaban J connectivity index is 1.39. The summed E-state index contributed by atoms with van der Waals surface area (Å²) in [7, 11) is 0. The molecule has 4 atom stereocenters. The number of para-hydroxylation sites is 1. The number of benzene rings is 1. The first-order valence-corrected chi connectivity index (χ1v) is 11.4. The Morgan fingerprint density at radius 3 is 2.00 bits per heavy atom. The molecule has 162 valence electrons. The van der Waals surface area contributed by atoms with Gasteiger partial charge in [0.25, 0.3) is 0 Å². The van der Waals surface area contributed by atoms with Crippen LogP contribution in [-0.4, -0.2) is 68.6 Å². The number of fused-ring (bicyclic) bond motifs is 2. The topological polar surface area (TPSA) is 85.4 Å². The van der Waals surface area contributed by atoms with Gasteiger partial charge in [0.05, 0.1) is 0 Å². The third kappa shape index (κ3) is 3.43. The molecule has 0 saturated carbocycles. The van der Waals surface area contributed by atoms with Crippen LogP contribution in [0.3, 0.4) is 0 Å². The highest BCUT2D eigenvalue weighted by molar-refractivity contribution is 5.89. The second-order valence-corrected chi connectivity index (χ2v) is 9.38. The summed E-state index contributed by atoms with van der Waals surface area (Å²) in [5.41, 5.74) is 2.34. The summed E-state index contributed by atoms with van der Waals surface area (Å²) >= 11 is 0.